The van der Waals surface area contributed by atoms with E-state index in [9.17, 15) is 19.2 Å². The van der Waals surface area contributed by atoms with Crippen LogP contribution in [0.2, 0.25) is 0 Å². The molecule has 4 saturated carbocycles. The minimum absolute atomic E-state index is 0.202. The number of urea groups is 1. The normalized spacial score (nSPS) is 35.6. The van der Waals surface area contributed by atoms with Crippen LogP contribution in [0.5, 0.6) is 0 Å². The van der Waals surface area contributed by atoms with Crippen molar-refractivity contribution >= 4 is 23.8 Å². The lowest BCUT2D eigenvalue weighted by Gasteiger charge is -2.56. The van der Waals surface area contributed by atoms with Crippen molar-refractivity contribution in [2.75, 3.05) is 19.6 Å². The molecule has 7 heteroatoms. The van der Waals surface area contributed by atoms with Crippen LogP contribution in [0.15, 0.2) is 0 Å². The number of amides is 5. The molecule has 4 aliphatic carbocycles. The van der Waals surface area contributed by atoms with Crippen LogP contribution in [0.1, 0.15) is 51.9 Å². The number of imide groups is 2. The first-order valence-corrected chi connectivity index (χ1v) is 9.85. The smallest absolute Gasteiger partial charge is 0.334 e. The fourth-order valence-corrected chi connectivity index (χ4v) is 6.10. The van der Waals surface area contributed by atoms with Gasteiger partial charge in [0.05, 0.1) is 0 Å². The van der Waals surface area contributed by atoms with Gasteiger partial charge in [-0.3, -0.25) is 19.3 Å². The molecule has 142 valence electrons. The second kappa shape index (κ2) is 6.35. The molecule has 5 fully saturated rings. The molecule has 0 aromatic carbocycles. The molecule has 0 aromatic rings. The number of carbonyl (C=O) groups excluding carboxylic acids is 4. The van der Waals surface area contributed by atoms with E-state index < -0.39 is 17.8 Å². The second-order valence-electron chi connectivity index (χ2n) is 8.82. The van der Waals surface area contributed by atoms with Crippen molar-refractivity contribution in [1.29, 1.82) is 0 Å². The summed E-state index contributed by atoms with van der Waals surface area (Å²) in [5, 5.41) is 2.95. The van der Waals surface area contributed by atoms with E-state index >= 15 is 0 Å². The summed E-state index contributed by atoms with van der Waals surface area (Å²) in [4.78, 5) is 50.1. The maximum atomic E-state index is 12.4. The van der Waals surface area contributed by atoms with Crippen LogP contribution in [0.4, 0.5) is 4.79 Å². The quantitative estimate of drug-likeness (QED) is 0.574. The molecule has 1 N–H and O–H groups in total. The highest BCUT2D eigenvalue weighted by Crippen LogP contribution is 2.59. The highest BCUT2D eigenvalue weighted by Gasteiger charge is 2.51. The minimum Gasteiger partial charge on any atom is -0.354 e. The predicted octanol–water partition coefficient (Wildman–Crippen LogP) is 1.52. The molecule has 1 saturated heterocycles. The van der Waals surface area contributed by atoms with Crippen molar-refractivity contribution in [1.82, 2.24) is 15.1 Å². The molecule has 1 heterocycles. The molecule has 0 radical (unpaired) electrons. The zero-order valence-electron chi connectivity index (χ0n) is 15.3. The number of nitrogens with zero attached hydrogens (tertiary/aromatic N) is 2. The Morgan fingerprint density at radius 1 is 1.00 bits per heavy atom. The number of carbonyl (C=O) groups is 4. The molecule has 0 spiro atoms. The second-order valence-corrected chi connectivity index (χ2v) is 8.82. The van der Waals surface area contributed by atoms with Crippen molar-refractivity contribution in [3.05, 3.63) is 0 Å². The van der Waals surface area contributed by atoms with Gasteiger partial charge in [0, 0.05) is 13.1 Å². The van der Waals surface area contributed by atoms with E-state index in [4.69, 9.17) is 0 Å². The van der Waals surface area contributed by atoms with Gasteiger partial charge in [0.2, 0.25) is 5.91 Å². The minimum atomic E-state index is -0.895. The Morgan fingerprint density at radius 3 is 2.08 bits per heavy atom. The van der Waals surface area contributed by atoms with Crippen molar-refractivity contribution in [2.24, 2.45) is 23.2 Å². The van der Waals surface area contributed by atoms with Gasteiger partial charge in [-0.2, -0.15) is 0 Å². The van der Waals surface area contributed by atoms with Crippen LogP contribution in [0, 0.1) is 23.2 Å². The van der Waals surface area contributed by atoms with E-state index in [1.165, 1.54) is 38.5 Å². The van der Waals surface area contributed by atoms with Crippen LogP contribution in [-0.4, -0.2) is 53.2 Å². The van der Waals surface area contributed by atoms with Gasteiger partial charge < -0.3 is 5.32 Å². The maximum absolute atomic E-state index is 12.4. The van der Waals surface area contributed by atoms with E-state index in [0.29, 0.717) is 13.0 Å². The molecule has 4 bridgehead atoms. The molecule has 26 heavy (non-hydrogen) atoms. The average Bonchev–Trinajstić information content (AvgIpc) is 2.77. The summed E-state index contributed by atoms with van der Waals surface area (Å²) in [7, 11) is 0. The van der Waals surface area contributed by atoms with Crippen LogP contribution in [-0.2, 0) is 14.4 Å². The van der Waals surface area contributed by atoms with E-state index in [-0.39, 0.29) is 24.4 Å². The Morgan fingerprint density at radius 2 is 1.54 bits per heavy atom. The highest BCUT2D eigenvalue weighted by atomic mass is 16.2. The summed E-state index contributed by atoms with van der Waals surface area (Å²) in [5.74, 6) is 0.341. The fraction of sp³-hybridized carbons (Fsp3) is 0.789. The zero-order chi connectivity index (χ0) is 18.5. The van der Waals surface area contributed by atoms with Crippen LogP contribution in [0.3, 0.4) is 0 Å². The van der Waals surface area contributed by atoms with E-state index in [1.807, 2.05) is 6.92 Å². The first-order valence-electron chi connectivity index (χ1n) is 9.85. The lowest BCUT2D eigenvalue weighted by molar-refractivity contribution is -0.144. The summed E-state index contributed by atoms with van der Waals surface area (Å²) in [5.41, 5.74) is 0.202. The Kier molecular flexibility index (Phi) is 4.28. The third-order valence-corrected chi connectivity index (χ3v) is 6.71. The Balaban J connectivity index is 1.34. The summed E-state index contributed by atoms with van der Waals surface area (Å²) in [6.45, 7) is 2.29. The van der Waals surface area contributed by atoms with E-state index in [1.54, 1.807) is 0 Å². The van der Waals surface area contributed by atoms with Crippen molar-refractivity contribution in [3.63, 3.8) is 0 Å². The Bertz CT molecular complexity index is 624. The Hall–Kier alpha value is -1.92. The third-order valence-electron chi connectivity index (χ3n) is 6.71. The average molecular weight is 361 g/mol. The fourth-order valence-electron chi connectivity index (χ4n) is 6.10. The topological polar surface area (TPSA) is 86.8 Å². The van der Waals surface area contributed by atoms with Gasteiger partial charge in [0.25, 0.3) is 0 Å². The van der Waals surface area contributed by atoms with E-state index in [0.717, 1.165) is 27.6 Å². The number of hydrogen-bond donors (Lipinski definition) is 1. The van der Waals surface area contributed by atoms with Crippen molar-refractivity contribution in [2.45, 2.75) is 51.9 Å². The molecule has 0 atom stereocenters. The zero-order valence-corrected chi connectivity index (χ0v) is 15.3. The van der Waals surface area contributed by atoms with E-state index in [2.05, 4.69) is 5.32 Å². The number of hydrogen-bond acceptors (Lipinski definition) is 4. The SMILES string of the molecule is CCCN1C(=O)C(=O)N(CC(=O)NCC23CC4CC(CC(C4)C2)C3)C1=O. The first-order chi connectivity index (χ1) is 12.4. The summed E-state index contributed by atoms with van der Waals surface area (Å²) in [6, 6.07) is -0.674. The van der Waals surface area contributed by atoms with Gasteiger partial charge >= 0.3 is 17.8 Å². The maximum Gasteiger partial charge on any atom is 0.334 e. The largest absolute Gasteiger partial charge is 0.354 e. The van der Waals surface area contributed by atoms with Crippen molar-refractivity contribution < 1.29 is 19.2 Å². The van der Waals surface area contributed by atoms with Crippen LogP contribution >= 0.6 is 0 Å². The molecule has 1 aliphatic heterocycles. The first kappa shape index (κ1) is 17.5. The molecule has 0 aromatic heterocycles. The number of nitrogens with one attached hydrogen (secondary N) is 1. The van der Waals surface area contributed by atoms with Crippen LogP contribution in [0.25, 0.3) is 0 Å². The standard InChI is InChI=1S/C19H27N3O4/c1-2-3-21-16(24)17(25)22(18(21)26)10-15(23)20-11-19-7-12-4-13(8-19)6-14(5-12)9-19/h12-14H,2-11H2,1H3,(H,20,23). The van der Waals surface area contributed by atoms with Gasteiger partial charge in [-0.1, -0.05) is 6.92 Å². The molecular formula is C19H27N3O4. The van der Waals surface area contributed by atoms with Gasteiger partial charge in [-0.05, 0) is 68.1 Å². The number of rotatable bonds is 6. The molecule has 5 amide bonds. The van der Waals surface area contributed by atoms with Gasteiger partial charge in [0.15, 0.2) is 0 Å². The third kappa shape index (κ3) is 2.91. The summed E-state index contributed by atoms with van der Waals surface area (Å²) < 4.78 is 0. The van der Waals surface area contributed by atoms with Crippen molar-refractivity contribution in [3.8, 4) is 0 Å². The van der Waals surface area contributed by atoms with Gasteiger partial charge in [0.1, 0.15) is 6.54 Å². The van der Waals surface area contributed by atoms with Gasteiger partial charge in [-0.25, -0.2) is 9.69 Å². The summed E-state index contributed by atoms with van der Waals surface area (Å²) >= 11 is 0. The summed E-state index contributed by atoms with van der Waals surface area (Å²) in [6.07, 6.45) is 8.17. The molecule has 5 rings (SSSR count). The monoisotopic (exact) mass is 361 g/mol. The molecular weight excluding hydrogens is 334 g/mol. The molecule has 5 aliphatic rings. The highest BCUT2D eigenvalue weighted by molar-refractivity contribution is 6.45. The predicted molar refractivity (Wildman–Crippen MR) is 92.7 cm³/mol. The molecule has 0 unspecified atom stereocenters. The Labute approximate surface area is 153 Å². The van der Waals surface area contributed by atoms with Crippen LogP contribution < -0.4 is 5.32 Å². The van der Waals surface area contributed by atoms with Gasteiger partial charge in [-0.15, -0.1) is 0 Å². The molecule has 7 nitrogen and oxygen atoms in total. The lowest BCUT2D eigenvalue weighted by Crippen LogP contribution is -2.52. The lowest BCUT2D eigenvalue weighted by atomic mass is 9.49.